The van der Waals surface area contributed by atoms with Crippen molar-refractivity contribution >= 4 is 35.0 Å². The minimum atomic E-state index is -0.170. The maximum absolute atomic E-state index is 12.7. The summed E-state index contributed by atoms with van der Waals surface area (Å²) in [6.45, 7) is 2.84. The Kier molecular flexibility index (Phi) is 7.89. The molecule has 0 bridgehead atoms. The van der Waals surface area contributed by atoms with E-state index in [9.17, 15) is 9.59 Å². The van der Waals surface area contributed by atoms with Crippen molar-refractivity contribution in [3.8, 4) is 17.2 Å². The largest absolute Gasteiger partial charge is 0.497 e. The molecule has 2 amide bonds. The number of methoxy groups -OCH3 is 1. The van der Waals surface area contributed by atoms with E-state index in [0.29, 0.717) is 35.6 Å². The smallest absolute Gasteiger partial charge is 0.277 e. The van der Waals surface area contributed by atoms with Crippen molar-refractivity contribution in [2.45, 2.75) is 5.22 Å². The number of aromatic nitrogens is 2. The highest BCUT2D eigenvalue weighted by Crippen LogP contribution is 2.26. The Balaban J connectivity index is 1.09. The second kappa shape index (κ2) is 11.8. The van der Waals surface area contributed by atoms with Gasteiger partial charge in [-0.25, -0.2) is 0 Å². The molecular formula is C28H27N5O4S. The van der Waals surface area contributed by atoms with Gasteiger partial charge in [0.25, 0.3) is 11.1 Å². The number of carbonyl (C=O) groups is 2. The molecule has 5 rings (SSSR count). The number of ether oxygens (including phenoxy) is 1. The molecule has 0 spiro atoms. The van der Waals surface area contributed by atoms with Gasteiger partial charge in [-0.1, -0.05) is 36.0 Å². The van der Waals surface area contributed by atoms with Crippen LogP contribution in [0.4, 0.5) is 11.4 Å². The Bertz CT molecular complexity index is 1390. The summed E-state index contributed by atoms with van der Waals surface area (Å²) < 4.78 is 10.9. The Morgan fingerprint density at radius 1 is 0.947 bits per heavy atom. The van der Waals surface area contributed by atoms with E-state index in [-0.39, 0.29) is 17.6 Å². The molecule has 4 aromatic rings. The molecule has 1 aliphatic rings. The first-order valence-corrected chi connectivity index (χ1v) is 13.2. The van der Waals surface area contributed by atoms with E-state index in [1.165, 1.54) is 11.8 Å². The molecule has 1 N–H and O–H groups in total. The van der Waals surface area contributed by atoms with Crippen LogP contribution in [0.15, 0.2) is 88.5 Å². The van der Waals surface area contributed by atoms with E-state index < -0.39 is 0 Å². The SMILES string of the molecule is COc1cccc(-c2nnc(SCC(=O)Nc3ccc(N4CCN(C(=O)c5ccccc5)CC4)cc3)o2)c1. The molecule has 0 unspecified atom stereocenters. The number of anilines is 2. The fourth-order valence-electron chi connectivity index (χ4n) is 4.15. The first kappa shape index (κ1) is 25.3. The lowest BCUT2D eigenvalue weighted by Gasteiger charge is -2.36. The summed E-state index contributed by atoms with van der Waals surface area (Å²) in [6, 6.07) is 24.4. The Labute approximate surface area is 224 Å². The monoisotopic (exact) mass is 529 g/mol. The van der Waals surface area contributed by atoms with Gasteiger partial charge in [0.15, 0.2) is 0 Å². The molecule has 1 aromatic heterocycles. The van der Waals surface area contributed by atoms with Crippen LogP contribution in [0.2, 0.25) is 0 Å². The highest BCUT2D eigenvalue weighted by Gasteiger charge is 2.22. The van der Waals surface area contributed by atoms with E-state index in [1.807, 2.05) is 83.8 Å². The third-order valence-corrected chi connectivity index (χ3v) is 6.97. The molecule has 194 valence electrons. The summed E-state index contributed by atoms with van der Waals surface area (Å²) in [5, 5.41) is 11.3. The summed E-state index contributed by atoms with van der Waals surface area (Å²) in [7, 11) is 1.60. The average molecular weight is 530 g/mol. The number of hydrogen-bond donors (Lipinski definition) is 1. The molecule has 0 radical (unpaired) electrons. The van der Waals surface area contributed by atoms with Crippen LogP contribution >= 0.6 is 11.8 Å². The van der Waals surface area contributed by atoms with Crippen LogP contribution < -0.4 is 15.0 Å². The van der Waals surface area contributed by atoms with Crippen molar-refractivity contribution in [3.05, 3.63) is 84.4 Å². The van der Waals surface area contributed by atoms with Crippen LogP contribution in [0.5, 0.6) is 5.75 Å². The van der Waals surface area contributed by atoms with Crippen molar-refractivity contribution in [2.75, 3.05) is 49.3 Å². The zero-order valence-electron chi connectivity index (χ0n) is 20.9. The topological polar surface area (TPSA) is 101 Å². The number of hydrogen-bond acceptors (Lipinski definition) is 8. The fourth-order valence-corrected chi connectivity index (χ4v) is 4.71. The number of amides is 2. The molecule has 1 aliphatic heterocycles. The number of benzene rings is 3. The number of thioether (sulfide) groups is 1. The summed E-state index contributed by atoms with van der Waals surface area (Å²) in [4.78, 5) is 29.3. The Morgan fingerprint density at radius 2 is 1.71 bits per heavy atom. The van der Waals surface area contributed by atoms with Gasteiger partial charge in [0.05, 0.1) is 12.9 Å². The molecule has 38 heavy (non-hydrogen) atoms. The first-order chi connectivity index (χ1) is 18.6. The van der Waals surface area contributed by atoms with E-state index >= 15 is 0 Å². The normalized spacial score (nSPS) is 13.3. The highest BCUT2D eigenvalue weighted by atomic mass is 32.2. The van der Waals surface area contributed by atoms with Gasteiger partial charge in [0, 0.05) is 48.7 Å². The molecule has 0 aliphatic carbocycles. The fraction of sp³-hybridized carbons (Fsp3) is 0.214. The van der Waals surface area contributed by atoms with Gasteiger partial charge in [-0.05, 0) is 54.6 Å². The molecule has 9 nitrogen and oxygen atoms in total. The number of carbonyl (C=O) groups excluding carboxylic acids is 2. The lowest BCUT2D eigenvalue weighted by Crippen LogP contribution is -2.48. The van der Waals surface area contributed by atoms with Crippen molar-refractivity contribution < 1.29 is 18.7 Å². The Morgan fingerprint density at radius 3 is 2.45 bits per heavy atom. The second-order valence-electron chi connectivity index (χ2n) is 8.63. The van der Waals surface area contributed by atoms with Gasteiger partial charge in [-0.2, -0.15) is 0 Å². The van der Waals surface area contributed by atoms with E-state index in [2.05, 4.69) is 20.4 Å². The predicted molar refractivity (Wildman–Crippen MR) is 147 cm³/mol. The molecule has 10 heteroatoms. The summed E-state index contributed by atoms with van der Waals surface area (Å²) in [5.41, 5.74) is 3.23. The van der Waals surface area contributed by atoms with Crippen molar-refractivity contribution in [3.63, 3.8) is 0 Å². The van der Waals surface area contributed by atoms with E-state index in [1.54, 1.807) is 7.11 Å². The van der Waals surface area contributed by atoms with Crippen LogP contribution in [-0.2, 0) is 4.79 Å². The zero-order chi connectivity index (χ0) is 26.3. The lowest BCUT2D eigenvalue weighted by atomic mass is 10.1. The van der Waals surface area contributed by atoms with Crippen molar-refractivity contribution in [1.82, 2.24) is 15.1 Å². The van der Waals surface area contributed by atoms with E-state index in [0.717, 1.165) is 29.9 Å². The predicted octanol–water partition coefficient (Wildman–Crippen LogP) is 4.44. The van der Waals surface area contributed by atoms with E-state index in [4.69, 9.17) is 9.15 Å². The summed E-state index contributed by atoms with van der Waals surface area (Å²) in [5.74, 6) is 1.10. The third-order valence-electron chi connectivity index (χ3n) is 6.15. The minimum Gasteiger partial charge on any atom is -0.497 e. The minimum absolute atomic E-state index is 0.0678. The van der Waals surface area contributed by atoms with Crippen molar-refractivity contribution in [2.24, 2.45) is 0 Å². The van der Waals surface area contributed by atoms with Gasteiger partial charge in [-0.3, -0.25) is 9.59 Å². The standard InChI is InChI=1S/C28H27N5O4S/c1-36-24-9-5-8-21(18-24)26-30-31-28(37-26)38-19-25(34)29-22-10-12-23(13-11-22)32-14-16-33(17-15-32)27(35)20-6-3-2-4-7-20/h2-13,18H,14-17,19H2,1H3,(H,29,34). The van der Waals surface area contributed by atoms with Crippen LogP contribution in [-0.4, -0.2) is 66.0 Å². The summed E-state index contributed by atoms with van der Waals surface area (Å²) >= 11 is 1.18. The van der Waals surface area contributed by atoms with Gasteiger partial charge >= 0.3 is 0 Å². The third kappa shape index (κ3) is 6.15. The van der Waals surface area contributed by atoms with Gasteiger partial charge in [0.2, 0.25) is 11.8 Å². The second-order valence-corrected chi connectivity index (χ2v) is 9.56. The number of nitrogens with zero attached hydrogens (tertiary/aromatic N) is 4. The van der Waals surface area contributed by atoms with Crippen molar-refractivity contribution in [1.29, 1.82) is 0 Å². The van der Waals surface area contributed by atoms with Gasteiger partial charge in [-0.15, -0.1) is 10.2 Å². The van der Waals surface area contributed by atoms with Gasteiger partial charge < -0.3 is 24.3 Å². The number of nitrogens with one attached hydrogen (secondary N) is 1. The quantitative estimate of drug-likeness (QED) is 0.335. The Hall–Kier alpha value is -4.31. The summed E-state index contributed by atoms with van der Waals surface area (Å²) in [6.07, 6.45) is 0. The number of piperazine rings is 1. The molecule has 0 saturated carbocycles. The van der Waals surface area contributed by atoms with Crippen LogP contribution in [0, 0.1) is 0 Å². The molecule has 3 aromatic carbocycles. The van der Waals surface area contributed by atoms with Crippen LogP contribution in [0.3, 0.4) is 0 Å². The highest BCUT2D eigenvalue weighted by molar-refractivity contribution is 7.99. The van der Waals surface area contributed by atoms with Crippen LogP contribution in [0.1, 0.15) is 10.4 Å². The molecule has 0 atom stereocenters. The number of rotatable bonds is 8. The average Bonchev–Trinajstić information content (AvgIpc) is 3.46. The first-order valence-electron chi connectivity index (χ1n) is 12.2. The molecule has 1 fully saturated rings. The maximum atomic E-state index is 12.7. The lowest BCUT2D eigenvalue weighted by molar-refractivity contribution is -0.113. The maximum Gasteiger partial charge on any atom is 0.277 e. The molecule has 2 heterocycles. The zero-order valence-corrected chi connectivity index (χ0v) is 21.7. The van der Waals surface area contributed by atoms with Crippen LogP contribution in [0.25, 0.3) is 11.5 Å². The van der Waals surface area contributed by atoms with Gasteiger partial charge in [0.1, 0.15) is 5.75 Å². The molecular weight excluding hydrogens is 502 g/mol. The molecule has 1 saturated heterocycles.